The van der Waals surface area contributed by atoms with Gasteiger partial charge in [-0.05, 0) is 35.9 Å². The Hall–Kier alpha value is -2.59. The lowest BCUT2D eigenvalue weighted by Crippen LogP contribution is -2.17. The molecule has 0 fully saturated rings. The number of para-hydroxylation sites is 1. The van der Waals surface area contributed by atoms with Crippen LogP contribution >= 0.6 is 15.9 Å². The summed E-state index contributed by atoms with van der Waals surface area (Å²) in [5, 5.41) is 11.2. The number of anilines is 1. The molecule has 0 bridgehead atoms. The third kappa shape index (κ3) is 4.46. The molecule has 0 unspecified atom stereocenters. The number of carbonyl (C=O) groups is 1. The Kier molecular flexibility index (Phi) is 5.42. The molecule has 7 heteroatoms. The first-order valence-corrected chi connectivity index (χ1v) is 7.45. The minimum Gasteiger partial charge on any atom is -0.321 e. The molecule has 0 saturated heterocycles. The van der Waals surface area contributed by atoms with E-state index in [2.05, 4.69) is 21.2 Å². The fourth-order valence-electron chi connectivity index (χ4n) is 1.90. The van der Waals surface area contributed by atoms with Gasteiger partial charge < -0.3 is 5.32 Å². The first-order chi connectivity index (χ1) is 11.3. The molecule has 0 aromatic heterocycles. The topological polar surface area (TPSA) is 52.9 Å². The highest BCUT2D eigenvalue weighted by Crippen LogP contribution is 2.34. The Balaban J connectivity index is 2.28. The standard InChI is InChI=1S/C17H10BrF3N2O/c18-13-7-5-11(6-8-13)9-12(10-22)16(24)23-15-4-2-1-3-14(15)17(19,20)21/h1-9H,(H,23,24)/b12-9+. The van der Waals surface area contributed by atoms with Crippen molar-refractivity contribution in [3.8, 4) is 6.07 Å². The van der Waals surface area contributed by atoms with Crippen molar-refractivity contribution in [3.63, 3.8) is 0 Å². The summed E-state index contributed by atoms with van der Waals surface area (Å²) in [5.41, 5.74) is -1.09. The van der Waals surface area contributed by atoms with Crippen LogP contribution in [0.25, 0.3) is 6.08 Å². The molecule has 1 amide bonds. The summed E-state index contributed by atoms with van der Waals surface area (Å²) in [6.07, 6.45) is -3.30. The summed E-state index contributed by atoms with van der Waals surface area (Å²) >= 11 is 3.26. The molecule has 0 atom stereocenters. The minimum absolute atomic E-state index is 0.297. The fraction of sp³-hybridized carbons (Fsp3) is 0.0588. The molecule has 122 valence electrons. The van der Waals surface area contributed by atoms with Crippen molar-refractivity contribution in [1.29, 1.82) is 5.26 Å². The molecule has 2 aromatic rings. The lowest BCUT2D eigenvalue weighted by atomic mass is 10.1. The monoisotopic (exact) mass is 394 g/mol. The molecule has 2 aromatic carbocycles. The molecule has 0 aliphatic carbocycles. The number of nitrogens with zero attached hydrogens (tertiary/aromatic N) is 1. The predicted molar refractivity (Wildman–Crippen MR) is 87.8 cm³/mol. The number of amides is 1. The quantitative estimate of drug-likeness (QED) is 0.587. The van der Waals surface area contributed by atoms with E-state index >= 15 is 0 Å². The van der Waals surface area contributed by atoms with Crippen LogP contribution in [0.2, 0.25) is 0 Å². The Morgan fingerprint density at radius 1 is 1.12 bits per heavy atom. The van der Waals surface area contributed by atoms with E-state index < -0.39 is 23.3 Å². The van der Waals surface area contributed by atoms with Crippen LogP contribution < -0.4 is 5.32 Å². The summed E-state index contributed by atoms with van der Waals surface area (Å²) < 4.78 is 39.6. The van der Waals surface area contributed by atoms with Crippen LogP contribution in [-0.4, -0.2) is 5.91 Å². The van der Waals surface area contributed by atoms with Gasteiger partial charge in [-0.2, -0.15) is 18.4 Å². The molecule has 3 nitrogen and oxygen atoms in total. The van der Waals surface area contributed by atoms with E-state index in [1.165, 1.54) is 18.2 Å². The number of hydrogen-bond acceptors (Lipinski definition) is 2. The summed E-state index contributed by atoms with van der Waals surface area (Å²) in [4.78, 5) is 12.1. The van der Waals surface area contributed by atoms with Crippen LogP contribution in [-0.2, 0) is 11.0 Å². The van der Waals surface area contributed by atoms with Crippen LogP contribution in [0.4, 0.5) is 18.9 Å². The van der Waals surface area contributed by atoms with Crippen LogP contribution in [0.15, 0.2) is 58.6 Å². The fourth-order valence-corrected chi connectivity index (χ4v) is 2.17. The highest BCUT2D eigenvalue weighted by Gasteiger charge is 2.33. The van der Waals surface area contributed by atoms with Gasteiger partial charge >= 0.3 is 6.18 Å². The Morgan fingerprint density at radius 2 is 1.75 bits per heavy atom. The van der Waals surface area contributed by atoms with E-state index in [0.717, 1.165) is 16.6 Å². The zero-order valence-corrected chi connectivity index (χ0v) is 13.6. The van der Waals surface area contributed by atoms with Crippen LogP contribution in [0.1, 0.15) is 11.1 Å². The summed E-state index contributed by atoms with van der Waals surface area (Å²) in [7, 11) is 0. The average molecular weight is 395 g/mol. The second-order valence-electron chi connectivity index (χ2n) is 4.72. The van der Waals surface area contributed by atoms with Gasteiger partial charge in [0.1, 0.15) is 11.6 Å². The van der Waals surface area contributed by atoms with E-state index in [4.69, 9.17) is 5.26 Å². The molecule has 0 heterocycles. The number of rotatable bonds is 3. The SMILES string of the molecule is N#C/C(=C\c1ccc(Br)cc1)C(=O)Nc1ccccc1C(F)(F)F. The second kappa shape index (κ2) is 7.32. The largest absolute Gasteiger partial charge is 0.418 e. The van der Waals surface area contributed by atoms with Crippen molar-refractivity contribution in [2.24, 2.45) is 0 Å². The number of alkyl halides is 3. The first-order valence-electron chi connectivity index (χ1n) is 6.66. The van der Waals surface area contributed by atoms with Crippen LogP contribution in [0.3, 0.4) is 0 Å². The molecule has 24 heavy (non-hydrogen) atoms. The summed E-state index contributed by atoms with van der Waals surface area (Å²) in [6, 6.07) is 13.1. The Bertz CT molecular complexity index is 821. The number of halogens is 4. The highest BCUT2D eigenvalue weighted by molar-refractivity contribution is 9.10. The third-order valence-corrected chi connectivity index (χ3v) is 3.56. The molecular weight excluding hydrogens is 385 g/mol. The van der Waals surface area contributed by atoms with Gasteiger partial charge in [0, 0.05) is 4.47 Å². The van der Waals surface area contributed by atoms with Crippen LogP contribution in [0, 0.1) is 11.3 Å². The molecule has 0 spiro atoms. The molecule has 0 radical (unpaired) electrons. The first kappa shape index (κ1) is 17.8. The average Bonchev–Trinajstić information content (AvgIpc) is 2.53. The van der Waals surface area contributed by atoms with Crippen molar-refractivity contribution in [2.75, 3.05) is 5.32 Å². The van der Waals surface area contributed by atoms with E-state index in [-0.39, 0.29) is 5.57 Å². The number of hydrogen-bond donors (Lipinski definition) is 1. The number of nitriles is 1. The predicted octanol–water partition coefficient (Wildman–Crippen LogP) is 5.01. The maximum Gasteiger partial charge on any atom is 0.418 e. The zero-order chi connectivity index (χ0) is 17.7. The van der Waals surface area contributed by atoms with Gasteiger partial charge in [-0.1, -0.05) is 40.2 Å². The van der Waals surface area contributed by atoms with Crippen molar-refractivity contribution in [2.45, 2.75) is 6.18 Å². The van der Waals surface area contributed by atoms with Gasteiger partial charge in [0.15, 0.2) is 0 Å². The number of benzene rings is 2. The third-order valence-electron chi connectivity index (χ3n) is 3.03. The lowest BCUT2D eigenvalue weighted by molar-refractivity contribution is -0.136. The molecular formula is C17H10BrF3N2O. The van der Waals surface area contributed by atoms with Gasteiger partial charge in [0.25, 0.3) is 5.91 Å². The molecule has 2 rings (SSSR count). The Labute approximate surface area is 144 Å². The zero-order valence-electron chi connectivity index (χ0n) is 12.1. The van der Waals surface area contributed by atoms with Gasteiger partial charge in [0.05, 0.1) is 11.3 Å². The molecule has 0 aliphatic rings. The van der Waals surface area contributed by atoms with Crippen molar-refractivity contribution < 1.29 is 18.0 Å². The van der Waals surface area contributed by atoms with Gasteiger partial charge in [-0.15, -0.1) is 0 Å². The summed E-state index contributed by atoms with van der Waals surface area (Å²) in [5.74, 6) is -0.905. The van der Waals surface area contributed by atoms with Crippen molar-refractivity contribution in [3.05, 3.63) is 69.7 Å². The minimum atomic E-state index is -4.61. The van der Waals surface area contributed by atoms with E-state index in [9.17, 15) is 18.0 Å². The normalized spacial score (nSPS) is 11.7. The van der Waals surface area contributed by atoms with Gasteiger partial charge in [-0.3, -0.25) is 4.79 Å². The van der Waals surface area contributed by atoms with Gasteiger partial charge in [0.2, 0.25) is 0 Å². The highest BCUT2D eigenvalue weighted by atomic mass is 79.9. The number of carbonyl (C=O) groups excluding carboxylic acids is 1. The van der Waals surface area contributed by atoms with Crippen molar-refractivity contribution >= 4 is 33.6 Å². The van der Waals surface area contributed by atoms with E-state index in [1.807, 2.05) is 0 Å². The lowest BCUT2D eigenvalue weighted by Gasteiger charge is -2.13. The van der Waals surface area contributed by atoms with E-state index in [1.54, 1.807) is 30.3 Å². The second-order valence-corrected chi connectivity index (χ2v) is 5.63. The maximum absolute atomic E-state index is 12.9. The summed E-state index contributed by atoms with van der Waals surface area (Å²) in [6.45, 7) is 0. The smallest absolute Gasteiger partial charge is 0.321 e. The molecule has 1 N–H and O–H groups in total. The number of nitrogens with one attached hydrogen (secondary N) is 1. The van der Waals surface area contributed by atoms with E-state index in [0.29, 0.717) is 5.56 Å². The maximum atomic E-state index is 12.9. The molecule has 0 aliphatic heterocycles. The molecule has 0 saturated carbocycles. The van der Waals surface area contributed by atoms with Crippen LogP contribution in [0.5, 0.6) is 0 Å². The Morgan fingerprint density at radius 3 is 2.33 bits per heavy atom. The van der Waals surface area contributed by atoms with Gasteiger partial charge in [-0.25, -0.2) is 0 Å². The van der Waals surface area contributed by atoms with Crippen molar-refractivity contribution in [1.82, 2.24) is 0 Å².